The van der Waals surface area contributed by atoms with Crippen molar-refractivity contribution in [2.45, 2.75) is 26.3 Å². The molecule has 0 saturated heterocycles. The summed E-state index contributed by atoms with van der Waals surface area (Å²) >= 11 is 0. The molecule has 32 heavy (non-hydrogen) atoms. The summed E-state index contributed by atoms with van der Waals surface area (Å²) in [5.41, 5.74) is 7.65. The number of nitrogens with one attached hydrogen (secondary N) is 2. The smallest absolute Gasteiger partial charge is 0.266 e. The van der Waals surface area contributed by atoms with Gasteiger partial charge in [0, 0.05) is 26.4 Å². The quantitative estimate of drug-likeness (QED) is 0.306. The predicted octanol–water partition coefficient (Wildman–Crippen LogP) is 0.347. The fourth-order valence-electron chi connectivity index (χ4n) is 2.96. The lowest BCUT2D eigenvalue weighted by atomic mass is 10.1. The lowest BCUT2D eigenvalue weighted by Crippen LogP contribution is -2.17. The minimum atomic E-state index is -4.08. The molecule has 3 aromatic rings. The second-order valence-electron chi connectivity index (χ2n) is 6.95. The van der Waals surface area contributed by atoms with E-state index < -0.39 is 15.9 Å². The van der Waals surface area contributed by atoms with Gasteiger partial charge in [0.2, 0.25) is 11.9 Å². The Morgan fingerprint density at radius 2 is 1.56 bits per heavy atom. The van der Waals surface area contributed by atoms with Crippen LogP contribution in [0.4, 0.5) is 11.9 Å². The summed E-state index contributed by atoms with van der Waals surface area (Å²) in [6.45, 7) is 2.03. The van der Waals surface area contributed by atoms with E-state index in [-0.39, 0.29) is 19.0 Å². The van der Waals surface area contributed by atoms with E-state index in [1.165, 1.54) is 0 Å². The van der Waals surface area contributed by atoms with Gasteiger partial charge in [-0.1, -0.05) is 24.3 Å². The van der Waals surface area contributed by atoms with Crippen LogP contribution in [-0.2, 0) is 29.5 Å². The highest BCUT2D eigenvalue weighted by molar-refractivity contribution is 7.85. The summed E-state index contributed by atoms with van der Waals surface area (Å²) in [4.78, 5) is 25.8. The molecule has 0 bridgehead atoms. The number of hydrogen-bond acceptors (Lipinski definition) is 11. The predicted molar refractivity (Wildman–Crippen MR) is 119 cm³/mol. The summed E-state index contributed by atoms with van der Waals surface area (Å²) in [5.74, 6) is 2.45. The first-order chi connectivity index (χ1) is 15.2. The van der Waals surface area contributed by atoms with Crippen molar-refractivity contribution in [3.8, 4) is 0 Å². The normalized spacial score (nSPS) is 11.4. The molecular formula is C19H25N9O3S. The van der Waals surface area contributed by atoms with Crippen molar-refractivity contribution >= 4 is 22.0 Å². The number of nitrogens with two attached hydrogens (primary N) is 1. The number of hydrogen-bond donors (Lipinski definition) is 4. The van der Waals surface area contributed by atoms with Crippen LogP contribution >= 0.6 is 0 Å². The van der Waals surface area contributed by atoms with E-state index in [0.29, 0.717) is 42.1 Å². The summed E-state index contributed by atoms with van der Waals surface area (Å²) < 4.78 is 30.7. The maximum Gasteiger partial charge on any atom is 0.266 e. The van der Waals surface area contributed by atoms with E-state index in [1.807, 2.05) is 31.2 Å². The SMILES string of the molecule is CNc1nc(Cc2cccc(Cc3nc(C)nc(CN)n3)c2)nc(NCCS(=O)(=O)O)n1. The summed E-state index contributed by atoms with van der Waals surface area (Å²) in [6, 6.07) is 7.91. The average Bonchev–Trinajstić information content (AvgIpc) is 2.72. The minimum absolute atomic E-state index is 0.0307. The highest BCUT2D eigenvalue weighted by Crippen LogP contribution is 2.14. The molecule has 1 aromatic carbocycles. The third-order valence-corrected chi connectivity index (χ3v) is 5.01. The van der Waals surface area contributed by atoms with Gasteiger partial charge >= 0.3 is 0 Å². The fourth-order valence-corrected chi connectivity index (χ4v) is 3.32. The van der Waals surface area contributed by atoms with Crippen LogP contribution < -0.4 is 16.4 Å². The topological polar surface area (TPSA) is 182 Å². The van der Waals surface area contributed by atoms with Gasteiger partial charge in [0.25, 0.3) is 10.1 Å². The summed E-state index contributed by atoms with van der Waals surface area (Å²) in [5, 5.41) is 5.65. The number of aromatic nitrogens is 6. The molecule has 12 nitrogen and oxygen atoms in total. The van der Waals surface area contributed by atoms with Crippen LogP contribution in [0, 0.1) is 6.92 Å². The zero-order valence-corrected chi connectivity index (χ0v) is 18.6. The van der Waals surface area contributed by atoms with E-state index in [1.54, 1.807) is 7.05 Å². The van der Waals surface area contributed by atoms with Gasteiger partial charge in [0.15, 0.2) is 0 Å². The van der Waals surface area contributed by atoms with E-state index in [9.17, 15) is 8.42 Å². The summed E-state index contributed by atoms with van der Waals surface area (Å²) in [6.07, 6.45) is 0.966. The van der Waals surface area contributed by atoms with Gasteiger partial charge in [-0.15, -0.1) is 0 Å². The molecule has 0 aliphatic carbocycles. The van der Waals surface area contributed by atoms with Crippen LogP contribution in [0.3, 0.4) is 0 Å². The molecular weight excluding hydrogens is 434 g/mol. The van der Waals surface area contributed by atoms with Crippen LogP contribution in [0.5, 0.6) is 0 Å². The highest BCUT2D eigenvalue weighted by Gasteiger charge is 2.10. The monoisotopic (exact) mass is 459 g/mol. The van der Waals surface area contributed by atoms with Crippen molar-refractivity contribution in [2.24, 2.45) is 5.73 Å². The van der Waals surface area contributed by atoms with Crippen molar-refractivity contribution in [1.29, 1.82) is 0 Å². The molecule has 0 aliphatic rings. The fraction of sp³-hybridized carbons (Fsp3) is 0.368. The highest BCUT2D eigenvalue weighted by atomic mass is 32.2. The molecule has 2 heterocycles. The van der Waals surface area contributed by atoms with E-state index >= 15 is 0 Å². The number of nitrogens with zero attached hydrogens (tertiary/aromatic N) is 6. The van der Waals surface area contributed by atoms with Crippen molar-refractivity contribution in [3.05, 3.63) is 58.7 Å². The Kier molecular flexibility index (Phi) is 7.56. The number of rotatable bonds is 10. The molecule has 0 atom stereocenters. The number of anilines is 2. The first kappa shape index (κ1) is 23.4. The Morgan fingerprint density at radius 3 is 2.19 bits per heavy atom. The molecule has 0 amide bonds. The Labute approximate surface area is 185 Å². The first-order valence-electron chi connectivity index (χ1n) is 9.84. The zero-order valence-electron chi connectivity index (χ0n) is 17.8. The molecule has 2 aromatic heterocycles. The molecule has 13 heteroatoms. The molecule has 0 aliphatic heterocycles. The Bertz CT molecular complexity index is 1190. The maximum atomic E-state index is 10.9. The third-order valence-electron chi connectivity index (χ3n) is 4.29. The number of aryl methyl sites for hydroxylation is 1. The van der Waals surface area contributed by atoms with Gasteiger partial charge in [0.05, 0.1) is 12.3 Å². The van der Waals surface area contributed by atoms with Gasteiger partial charge in [-0.25, -0.2) is 15.0 Å². The molecule has 0 saturated carbocycles. The second kappa shape index (κ2) is 10.3. The van der Waals surface area contributed by atoms with Crippen molar-refractivity contribution in [1.82, 2.24) is 29.9 Å². The molecule has 0 radical (unpaired) electrons. The third kappa shape index (κ3) is 7.14. The van der Waals surface area contributed by atoms with E-state index in [2.05, 4.69) is 40.5 Å². The van der Waals surface area contributed by atoms with Crippen LogP contribution in [-0.4, -0.2) is 62.2 Å². The van der Waals surface area contributed by atoms with E-state index in [0.717, 1.165) is 11.1 Å². The van der Waals surface area contributed by atoms with Crippen LogP contribution in [0.15, 0.2) is 24.3 Å². The standard InChI is InChI=1S/C19H25N9O3S/c1-12-23-15(25-17(11-20)24-12)9-13-4-3-5-14(8-13)10-16-26-18(21-2)28-19(27-16)22-6-7-32(29,30)31/h3-5,8H,6-7,9-11,20H2,1-2H3,(H,29,30,31)(H2,21,22,26,27,28). The molecule has 0 fully saturated rings. The molecule has 170 valence electrons. The molecule has 0 spiro atoms. The van der Waals surface area contributed by atoms with Crippen LogP contribution in [0.1, 0.15) is 34.4 Å². The first-order valence-corrected chi connectivity index (χ1v) is 11.4. The number of benzene rings is 1. The lowest BCUT2D eigenvalue weighted by molar-refractivity contribution is 0.484. The Morgan fingerprint density at radius 1 is 0.938 bits per heavy atom. The molecule has 5 N–H and O–H groups in total. The average molecular weight is 460 g/mol. The Balaban J connectivity index is 1.75. The molecule has 0 unspecified atom stereocenters. The van der Waals surface area contributed by atoms with Crippen molar-refractivity contribution in [3.63, 3.8) is 0 Å². The lowest BCUT2D eigenvalue weighted by Gasteiger charge is -2.09. The van der Waals surface area contributed by atoms with Gasteiger partial charge in [0.1, 0.15) is 23.3 Å². The van der Waals surface area contributed by atoms with Gasteiger partial charge < -0.3 is 16.4 Å². The van der Waals surface area contributed by atoms with E-state index in [4.69, 9.17) is 10.3 Å². The summed E-state index contributed by atoms with van der Waals surface area (Å²) in [7, 11) is -2.40. The van der Waals surface area contributed by atoms with Crippen molar-refractivity contribution in [2.75, 3.05) is 30.0 Å². The Hall–Kier alpha value is -3.29. The van der Waals surface area contributed by atoms with Crippen molar-refractivity contribution < 1.29 is 13.0 Å². The zero-order chi connectivity index (χ0) is 23.1. The van der Waals surface area contributed by atoms with Crippen LogP contribution in [0.25, 0.3) is 0 Å². The van der Waals surface area contributed by atoms with Gasteiger partial charge in [-0.05, 0) is 18.1 Å². The largest absolute Gasteiger partial charge is 0.357 e. The maximum absolute atomic E-state index is 10.9. The second-order valence-corrected chi connectivity index (χ2v) is 8.53. The van der Waals surface area contributed by atoms with Gasteiger partial charge in [-0.3, -0.25) is 4.55 Å². The van der Waals surface area contributed by atoms with Crippen LogP contribution in [0.2, 0.25) is 0 Å². The van der Waals surface area contributed by atoms with Gasteiger partial charge in [-0.2, -0.15) is 23.4 Å². The minimum Gasteiger partial charge on any atom is -0.357 e. The molecule has 3 rings (SSSR count).